The number of methoxy groups -OCH3 is 1. The molecule has 2 amide bonds. The number of carbonyl (C=O) groups excluding carboxylic acids is 2. The van der Waals surface area contributed by atoms with Crippen molar-refractivity contribution < 1.29 is 14.3 Å². The fraction of sp³-hybridized carbons (Fsp3) is 0.818. The first-order valence-electron chi connectivity index (χ1n) is 5.51. The maximum absolute atomic E-state index is 11.3. The highest BCUT2D eigenvalue weighted by Crippen LogP contribution is 1.92. The van der Waals surface area contributed by atoms with Crippen LogP contribution in [-0.2, 0) is 14.3 Å². The Labute approximate surface area is 97.1 Å². The minimum Gasteiger partial charge on any atom is -0.383 e. The largest absolute Gasteiger partial charge is 0.383 e. The van der Waals surface area contributed by atoms with E-state index in [0.29, 0.717) is 26.2 Å². The van der Waals surface area contributed by atoms with Gasteiger partial charge < -0.3 is 15.0 Å². The van der Waals surface area contributed by atoms with Gasteiger partial charge in [0.15, 0.2) is 0 Å². The summed E-state index contributed by atoms with van der Waals surface area (Å²) in [4.78, 5) is 24.1. The molecule has 0 aromatic rings. The van der Waals surface area contributed by atoms with Crippen LogP contribution in [0.5, 0.6) is 0 Å². The molecule has 5 nitrogen and oxygen atoms in total. The Kier molecular flexibility index (Phi) is 7.54. The Bertz CT molecular complexity index is 229. The van der Waals surface area contributed by atoms with Crippen LogP contribution in [0.15, 0.2) is 0 Å². The van der Waals surface area contributed by atoms with Crippen molar-refractivity contribution in [3.63, 3.8) is 0 Å². The molecule has 5 heteroatoms. The third kappa shape index (κ3) is 6.40. The van der Waals surface area contributed by atoms with Crippen molar-refractivity contribution in [1.29, 1.82) is 0 Å². The molecule has 16 heavy (non-hydrogen) atoms. The van der Waals surface area contributed by atoms with E-state index in [0.717, 1.165) is 0 Å². The molecule has 1 N–H and O–H groups in total. The fourth-order valence-corrected chi connectivity index (χ4v) is 1.15. The summed E-state index contributed by atoms with van der Waals surface area (Å²) in [5, 5.41) is 2.77. The van der Waals surface area contributed by atoms with E-state index in [-0.39, 0.29) is 17.7 Å². The highest BCUT2D eigenvalue weighted by atomic mass is 16.5. The molecule has 0 saturated heterocycles. The van der Waals surface area contributed by atoms with Crippen LogP contribution in [0.3, 0.4) is 0 Å². The fourth-order valence-electron chi connectivity index (χ4n) is 1.15. The average molecular weight is 230 g/mol. The lowest BCUT2D eigenvalue weighted by Gasteiger charge is -2.21. The van der Waals surface area contributed by atoms with Crippen LogP contribution in [0.25, 0.3) is 0 Å². The maximum atomic E-state index is 11.3. The Morgan fingerprint density at radius 3 is 2.38 bits per heavy atom. The zero-order chi connectivity index (χ0) is 12.6. The Balaban J connectivity index is 3.84. The van der Waals surface area contributed by atoms with Crippen molar-refractivity contribution in [3.8, 4) is 0 Å². The van der Waals surface area contributed by atoms with E-state index in [2.05, 4.69) is 5.32 Å². The van der Waals surface area contributed by atoms with Crippen molar-refractivity contribution >= 4 is 11.8 Å². The lowest BCUT2D eigenvalue weighted by atomic mass is 10.2. The SMILES string of the molecule is COCCN(CCNC(=O)C(C)C)C(C)=O. The first-order chi connectivity index (χ1) is 7.49. The quantitative estimate of drug-likeness (QED) is 0.682. The summed E-state index contributed by atoms with van der Waals surface area (Å²) in [6, 6.07) is 0. The van der Waals surface area contributed by atoms with E-state index in [9.17, 15) is 9.59 Å². The van der Waals surface area contributed by atoms with Crippen molar-refractivity contribution in [3.05, 3.63) is 0 Å². The van der Waals surface area contributed by atoms with Gasteiger partial charge in [0.05, 0.1) is 6.61 Å². The summed E-state index contributed by atoms with van der Waals surface area (Å²) in [5.74, 6) is -0.0177. The summed E-state index contributed by atoms with van der Waals surface area (Å²) in [6.45, 7) is 7.27. The van der Waals surface area contributed by atoms with Crippen LogP contribution in [0.2, 0.25) is 0 Å². The molecule has 0 unspecified atom stereocenters. The third-order valence-corrected chi connectivity index (χ3v) is 2.22. The number of hydrogen-bond donors (Lipinski definition) is 1. The molecule has 0 heterocycles. The summed E-state index contributed by atoms with van der Waals surface area (Å²) in [7, 11) is 1.60. The van der Waals surface area contributed by atoms with Crippen LogP contribution >= 0.6 is 0 Å². The number of carbonyl (C=O) groups is 2. The van der Waals surface area contributed by atoms with E-state index < -0.39 is 0 Å². The molecule has 0 bridgehead atoms. The molecule has 0 atom stereocenters. The van der Waals surface area contributed by atoms with Crippen molar-refractivity contribution in [2.75, 3.05) is 33.4 Å². The second-order valence-corrected chi connectivity index (χ2v) is 3.94. The Hall–Kier alpha value is -1.10. The van der Waals surface area contributed by atoms with Gasteiger partial charge >= 0.3 is 0 Å². The summed E-state index contributed by atoms with van der Waals surface area (Å²) in [6.07, 6.45) is 0. The molecule has 0 aliphatic heterocycles. The predicted octanol–water partition coefficient (Wildman–Crippen LogP) is 0.253. The molecule has 94 valence electrons. The van der Waals surface area contributed by atoms with Crippen LogP contribution < -0.4 is 5.32 Å². The normalized spacial score (nSPS) is 10.3. The topological polar surface area (TPSA) is 58.6 Å². The number of rotatable bonds is 7. The standard InChI is InChI=1S/C11H22N2O3/c1-9(2)11(15)12-5-6-13(10(3)14)7-8-16-4/h9H,5-8H2,1-4H3,(H,12,15). The number of nitrogens with one attached hydrogen (secondary N) is 1. The average Bonchev–Trinajstić information content (AvgIpc) is 2.21. The van der Waals surface area contributed by atoms with Gasteiger partial charge in [-0.05, 0) is 0 Å². The molecule has 0 rings (SSSR count). The molecule has 0 aliphatic rings. The summed E-state index contributed by atoms with van der Waals surface area (Å²) < 4.78 is 4.91. The first-order valence-corrected chi connectivity index (χ1v) is 5.51. The molecular weight excluding hydrogens is 208 g/mol. The molecule has 0 radical (unpaired) electrons. The second-order valence-electron chi connectivity index (χ2n) is 3.94. The molecule has 0 spiro atoms. The van der Waals surface area contributed by atoms with Gasteiger partial charge in [0.2, 0.25) is 11.8 Å². The molecule has 0 fully saturated rings. The highest BCUT2D eigenvalue weighted by Gasteiger charge is 2.10. The lowest BCUT2D eigenvalue weighted by molar-refractivity contribution is -0.130. The Morgan fingerprint density at radius 1 is 1.31 bits per heavy atom. The molecule has 0 aromatic heterocycles. The molecule has 0 saturated carbocycles. The lowest BCUT2D eigenvalue weighted by Crippen LogP contribution is -2.40. The van der Waals surface area contributed by atoms with E-state index in [1.165, 1.54) is 6.92 Å². The molecular formula is C11H22N2O3. The summed E-state index contributed by atoms with van der Waals surface area (Å²) >= 11 is 0. The minimum atomic E-state index is -0.0234. The number of amides is 2. The summed E-state index contributed by atoms with van der Waals surface area (Å²) in [5.41, 5.74) is 0. The van der Waals surface area contributed by atoms with E-state index in [1.54, 1.807) is 12.0 Å². The first kappa shape index (κ1) is 14.9. The second kappa shape index (κ2) is 8.10. The van der Waals surface area contributed by atoms with Gasteiger partial charge in [0, 0.05) is 39.6 Å². The third-order valence-electron chi connectivity index (χ3n) is 2.22. The number of hydrogen-bond acceptors (Lipinski definition) is 3. The van der Waals surface area contributed by atoms with Gasteiger partial charge in [-0.3, -0.25) is 9.59 Å². The zero-order valence-electron chi connectivity index (χ0n) is 10.6. The number of nitrogens with zero attached hydrogens (tertiary/aromatic N) is 1. The van der Waals surface area contributed by atoms with Crippen molar-refractivity contribution in [1.82, 2.24) is 10.2 Å². The van der Waals surface area contributed by atoms with Gasteiger partial charge in [0.1, 0.15) is 0 Å². The molecule has 0 aliphatic carbocycles. The van der Waals surface area contributed by atoms with Crippen LogP contribution in [-0.4, -0.2) is 50.1 Å². The monoisotopic (exact) mass is 230 g/mol. The van der Waals surface area contributed by atoms with Gasteiger partial charge in [-0.25, -0.2) is 0 Å². The van der Waals surface area contributed by atoms with E-state index in [4.69, 9.17) is 4.74 Å². The van der Waals surface area contributed by atoms with Crippen LogP contribution in [0.1, 0.15) is 20.8 Å². The van der Waals surface area contributed by atoms with Gasteiger partial charge in [-0.2, -0.15) is 0 Å². The number of ether oxygens (including phenoxy) is 1. The van der Waals surface area contributed by atoms with Crippen LogP contribution in [0.4, 0.5) is 0 Å². The minimum absolute atomic E-state index is 0.00385. The van der Waals surface area contributed by atoms with Crippen LogP contribution in [0, 0.1) is 5.92 Å². The van der Waals surface area contributed by atoms with Crippen molar-refractivity contribution in [2.24, 2.45) is 5.92 Å². The van der Waals surface area contributed by atoms with Gasteiger partial charge in [-0.15, -0.1) is 0 Å². The van der Waals surface area contributed by atoms with E-state index in [1.807, 2.05) is 13.8 Å². The Morgan fingerprint density at radius 2 is 1.94 bits per heavy atom. The smallest absolute Gasteiger partial charge is 0.222 e. The predicted molar refractivity (Wildman–Crippen MR) is 62.0 cm³/mol. The molecule has 0 aromatic carbocycles. The highest BCUT2D eigenvalue weighted by molar-refractivity contribution is 5.78. The van der Waals surface area contributed by atoms with Crippen molar-refractivity contribution in [2.45, 2.75) is 20.8 Å². The van der Waals surface area contributed by atoms with Gasteiger partial charge in [-0.1, -0.05) is 13.8 Å². The maximum Gasteiger partial charge on any atom is 0.222 e. The van der Waals surface area contributed by atoms with E-state index >= 15 is 0 Å². The zero-order valence-corrected chi connectivity index (χ0v) is 10.6. The van der Waals surface area contributed by atoms with Gasteiger partial charge in [0.25, 0.3) is 0 Å².